The van der Waals surface area contributed by atoms with Crippen LogP contribution in [0.2, 0.25) is 0 Å². The smallest absolute Gasteiger partial charge is 0.273 e. The molecular formula is C15H25N3O3. The summed E-state index contributed by atoms with van der Waals surface area (Å²) in [6, 6.07) is 4.98. The van der Waals surface area contributed by atoms with E-state index in [1.165, 1.54) is 0 Å². The monoisotopic (exact) mass is 295 g/mol. The van der Waals surface area contributed by atoms with E-state index in [1.807, 2.05) is 6.07 Å². The molecule has 6 nitrogen and oxygen atoms in total. The number of anilines is 2. The molecule has 0 fully saturated rings. The van der Waals surface area contributed by atoms with Crippen molar-refractivity contribution in [3.05, 3.63) is 28.3 Å². The van der Waals surface area contributed by atoms with Crippen LogP contribution in [0.4, 0.5) is 17.1 Å². The number of ether oxygens (including phenoxy) is 1. The molecule has 0 unspecified atom stereocenters. The van der Waals surface area contributed by atoms with Gasteiger partial charge in [-0.05, 0) is 18.9 Å². The van der Waals surface area contributed by atoms with Crippen molar-refractivity contribution in [3.63, 3.8) is 0 Å². The van der Waals surface area contributed by atoms with Gasteiger partial charge in [0.2, 0.25) is 0 Å². The van der Waals surface area contributed by atoms with E-state index in [1.54, 1.807) is 12.1 Å². The standard InChI is InChI=1S/C15H25N3O3/c1-3-5-8-21-9-7-17-14-10-13(16-6-4-2)11-15(12-14)18(19)20/h10-12,16-17H,3-9H2,1-2H3. The van der Waals surface area contributed by atoms with E-state index in [9.17, 15) is 10.1 Å². The Morgan fingerprint density at radius 2 is 1.71 bits per heavy atom. The minimum Gasteiger partial charge on any atom is -0.385 e. The Kier molecular flexibility index (Phi) is 8.19. The first kappa shape index (κ1) is 17.2. The van der Waals surface area contributed by atoms with E-state index < -0.39 is 0 Å². The van der Waals surface area contributed by atoms with Crippen LogP contribution in [0.1, 0.15) is 33.1 Å². The predicted octanol–water partition coefficient (Wildman–Crippen LogP) is 3.65. The third-order valence-corrected chi connectivity index (χ3v) is 2.93. The van der Waals surface area contributed by atoms with Gasteiger partial charge in [0.15, 0.2) is 0 Å². The van der Waals surface area contributed by atoms with Crippen LogP contribution in [0.3, 0.4) is 0 Å². The molecule has 0 aliphatic rings. The number of nitro groups is 1. The average molecular weight is 295 g/mol. The summed E-state index contributed by atoms with van der Waals surface area (Å²) in [7, 11) is 0. The first-order valence-electron chi connectivity index (χ1n) is 7.52. The lowest BCUT2D eigenvalue weighted by molar-refractivity contribution is -0.384. The number of hydrogen-bond acceptors (Lipinski definition) is 5. The molecule has 0 amide bonds. The molecule has 0 heterocycles. The largest absolute Gasteiger partial charge is 0.385 e. The van der Waals surface area contributed by atoms with Crippen molar-refractivity contribution in [2.24, 2.45) is 0 Å². The Morgan fingerprint density at radius 3 is 2.29 bits per heavy atom. The summed E-state index contributed by atoms with van der Waals surface area (Å²) in [5.41, 5.74) is 1.59. The zero-order chi connectivity index (χ0) is 15.5. The summed E-state index contributed by atoms with van der Waals surface area (Å²) in [5.74, 6) is 0. The number of nitrogens with zero attached hydrogens (tertiary/aromatic N) is 1. The van der Waals surface area contributed by atoms with Crippen LogP contribution >= 0.6 is 0 Å². The third-order valence-electron chi connectivity index (χ3n) is 2.93. The van der Waals surface area contributed by atoms with Gasteiger partial charge in [-0.3, -0.25) is 10.1 Å². The lowest BCUT2D eigenvalue weighted by atomic mass is 10.2. The Labute approximate surface area is 126 Å². The highest BCUT2D eigenvalue weighted by Gasteiger charge is 2.09. The van der Waals surface area contributed by atoms with Gasteiger partial charge < -0.3 is 15.4 Å². The number of non-ortho nitro benzene ring substituents is 1. The summed E-state index contributed by atoms with van der Waals surface area (Å²) in [6.07, 6.45) is 3.14. The van der Waals surface area contributed by atoms with Gasteiger partial charge in [0.1, 0.15) is 0 Å². The van der Waals surface area contributed by atoms with Crippen LogP contribution in [0.15, 0.2) is 18.2 Å². The lowest BCUT2D eigenvalue weighted by Gasteiger charge is -2.10. The lowest BCUT2D eigenvalue weighted by Crippen LogP contribution is -2.10. The zero-order valence-electron chi connectivity index (χ0n) is 12.9. The molecule has 2 N–H and O–H groups in total. The van der Waals surface area contributed by atoms with Crippen LogP contribution in [0.5, 0.6) is 0 Å². The molecule has 21 heavy (non-hydrogen) atoms. The van der Waals surface area contributed by atoms with E-state index in [0.29, 0.717) is 13.2 Å². The normalized spacial score (nSPS) is 10.4. The van der Waals surface area contributed by atoms with Gasteiger partial charge >= 0.3 is 0 Å². The first-order chi connectivity index (χ1) is 10.2. The van der Waals surface area contributed by atoms with E-state index in [0.717, 1.165) is 43.8 Å². The molecule has 0 aliphatic heterocycles. The molecule has 1 rings (SSSR count). The minimum absolute atomic E-state index is 0.0884. The topological polar surface area (TPSA) is 76.4 Å². The highest BCUT2D eigenvalue weighted by atomic mass is 16.6. The number of nitro benzene ring substituents is 1. The molecule has 118 valence electrons. The summed E-state index contributed by atoms with van der Waals surface area (Å²) in [6.45, 7) is 6.96. The molecule has 0 aromatic heterocycles. The maximum Gasteiger partial charge on any atom is 0.273 e. The van der Waals surface area contributed by atoms with Crippen LogP contribution in [0.25, 0.3) is 0 Å². The van der Waals surface area contributed by atoms with E-state index in [-0.39, 0.29) is 10.6 Å². The Balaban J connectivity index is 2.54. The molecule has 0 aliphatic carbocycles. The second-order valence-corrected chi connectivity index (χ2v) is 4.85. The predicted molar refractivity (Wildman–Crippen MR) is 86.1 cm³/mol. The second-order valence-electron chi connectivity index (χ2n) is 4.85. The second kappa shape index (κ2) is 9.99. The first-order valence-corrected chi connectivity index (χ1v) is 7.52. The molecule has 0 bridgehead atoms. The fourth-order valence-electron chi connectivity index (χ4n) is 1.81. The molecular weight excluding hydrogens is 270 g/mol. The quantitative estimate of drug-likeness (QED) is 0.370. The van der Waals surface area contributed by atoms with Gasteiger partial charge in [0.05, 0.1) is 11.5 Å². The fraction of sp³-hybridized carbons (Fsp3) is 0.600. The van der Waals surface area contributed by atoms with Crippen molar-refractivity contribution in [2.45, 2.75) is 33.1 Å². The van der Waals surface area contributed by atoms with E-state index in [2.05, 4.69) is 24.5 Å². The number of rotatable bonds is 11. The number of benzene rings is 1. The number of hydrogen-bond donors (Lipinski definition) is 2. The van der Waals surface area contributed by atoms with E-state index in [4.69, 9.17) is 4.74 Å². The highest BCUT2D eigenvalue weighted by molar-refractivity contribution is 5.63. The molecule has 0 saturated carbocycles. The van der Waals surface area contributed by atoms with E-state index >= 15 is 0 Å². The van der Waals surface area contributed by atoms with Crippen molar-refractivity contribution in [1.82, 2.24) is 0 Å². The molecule has 0 atom stereocenters. The summed E-state index contributed by atoms with van der Waals surface area (Å²) in [4.78, 5) is 10.6. The SMILES string of the molecule is CCCCOCCNc1cc(NCCC)cc([N+](=O)[O-])c1. The van der Waals surface area contributed by atoms with Gasteiger partial charge in [0, 0.05) is 43.2 Å². The average Bonchev–Trinajstić information content (AvgIpc) is 2.48. The summed E-state index contributed by atoms with van der Waals surface area (Å²) >= 11 is 0. The summed E-state index contributed by atoms with van der Waals surface area (Å²) < 4.78 is 5.46. The van der Waals surface area contributed by atoms with Crippen LogP contribution in [0, 0.1) is 10.1 Å². The molecule has 0 saturated heterocycles. The van der Waals surface area contributed by atoms with Crippen LogP contribution in [-0.4, -0.2) is 31.2 Å². The maximum atomic E-state index is 11.0. The Bertz CT molecular complexity index is 438. The van der Waals surface area contributed by atoms with Gasteiger partial charge in [0.25, 0.3) is 5.69 Å². The number of nitrogens with one attached hydrogen (secondary N) is 2. The van der Waals surface area contributed by atoms with Gasteiger partial charge in [-0.2, -0.15) is 0 Å². The van der Waals surface area contributed by atoms with Crippen molar-refractivity contribution in [1.29, 1.82) is 0 Å². The minimum atomic E-state index is -0.375. The molecule has 0 spiro atoms. The number of unbranched alkanes of at least 4 members (excludes halogenated alkanes) is 1. The Hall–Kier alpha value is -1.82. The molecule has 1 aromatic rings. The van der Waals surface area contributed by atoms with Crippen molar-refractivity contribution in [2.75, 3.05) is 36.9 Å². The highest BCUT2D eigenvalue weighted by Crippen LogP contribution is 2.24. The van der Waals surface area contributed by atoms with Crippen molar-refractivity contribution < 1.29 is 9.66 Å². The molecule has 6 heteroatoms. The van der Waals surface area contributed by atoms with Gasteiger partial charge in [-0.25, -0.2) is 0 Å². The van der Waals surface area contributed by atoms with Gasteiger partial charge in [-0.15, -0.1) is 0 Å². The van der Waals surface area contributed by atoms with Crippen LogP contribution < -0.4 is 10.6 Å². The van der Waals surface area contributed by atoms with Crippen molar-refractivity contribution >= 4 is 17.1 Å². The van der Waals surface area contributed by atoms with Crippen LogP contribution in [-0.2, 0) is 4.74 Å². The molecule has 1 aromatic carbocycles. The molecule has 0 radical (unpaired) electrons. The summed E-state index contributed by atoms with van der Waals surface area (Å²) in [5, 5.41) is 17.3. The van der Waals surface area contributed by atoms with Crippen molar-refractivity contribution in [3.8, 4) is 0 Å². The Morgan fingerprint density at radius 1 is 1.05 bits per heavy atom. The fourth-order valence-corrected chi connectivity index (χ4v) is 1.81. The van der Waals surface area contributed by atoms with Gasteiger partial charge in [-0.1, -0.05) is 20.3 Å². The zero-order valence-corrected chi connectivity index (χ0v) is 12.9. The maximum absolute atomic E-state index is 11.0. The third kappa shape index (κ3) is 6.94.